The van der Waals surface area contributed by atoms with Crippen LogP contribution >= 0.6 is 11.8 Å². The maximum absolute atomic E-state index is 10.4. The van der Waals surface area contributed by atoms with E-state index in [0.717, 1.165) is 17.2 Å². The summed E-state index contributed by atoms with van der Waals surface area (Å²) in [4.78, 5) is 13.5. The molecule has 0 saturated heterocycles. The van der Waals surface area contributed by atoms with Gasteiger partial charge in [0.15, 0.2) is 0 Å². The molecule has 0 spiro atoms. The van der Waals surface area contributed by atoms with Gasteiger partial charge in [0.2, 0.25) is 0 Å². The SMILES string of the molecule is O=C(O)Cc1cc2c([nH]1)CSC2. The second-order valence-electron chi connectivity index (χ2n) is 2.86. The summed E-state index contributed by atoms with van der Waals surface area (Å²) in [6.45, 7) is 0. The molecule has 0 radical (unpaired) electrons. The highest BCUT2D eigenvalue weighted by Crippen LogP contribution is 2.29. The monoisotopic (exact) mass is 183 g/mol. The number of aromatic amines is 1. The van der Waals surface area contributed by atoms with Crippen LogP contribution in [-0.4, -0.2) is 16.1 Å². The van der Waals surface area contributed by atoms with Gasteiger partial charge in [-0.2, -0.15) is 11.8 Å². The Labute approximate surface area is 74.2 Å². The molecule has 0 aliphatic carbocycles. The van der Waals surface area contributed by atoms with Gasteiger partial charge in [0, 0.05) is 22.9 Å². The van der Waals surface area contributed by atoms with Gasteiger partial charge in [-0.25, -0.2) is 0 Å². The van der Waals surface area contributed by atoms with E-state index in [9.17, 15) is 4.79 Å². The molecule has 1 aliphatic rings. The van der Waals surface area contributed by atoms with Crippen molar-refractivity contribution in [1.29, 1.82) is 0 Å². The maximum Gasteiger partial charge on any atom is 0.309 e. The Balaban J connectivity index is 2.20. The zero-order chi connectivity index (χ0) is 8.55. The van der Waals surface area contributed by atoms with Crippen molar-refractivity contribution in [2.45, 2.75) is 17.9 Å². The Kier molecular flexibility index (Phi) is 1.84. The first-order valence-corrected chi connectivity index (χ1v) is 4.90. The minimum Gasteiger partial charge on any atom is -0.481 e. The van der Waals surface area contributed by atoms with E-state index in [1.807, 2.05) is 17.8 Å². The van der Waals surface area contributed by atoms with Crippen LogP contribution < -0.4 is 0 Å². The average Bonchev–Trinajstić information content (AvgIpc) is 2.43. The summed E-state index contributed by atoms with van der Waals surface area (Å²) in [5.41, 5.74) is 3.31. The van der Waals surface area contributed by atoms with Crippen molar-refractivity contribution in [2.75, 3.05) is 0 Å². The second-order valence-corrected chi connectivity index (χ2v) is 3.85. The number of aromatic nitrogens is 1. The summed E-state index contributed by atoms with van der Waals surface area (Å²) < 4.78 is 0. The number of hydrogen-bond acceptors (Lipinski definition) is 2. The molecule has 4 heteroatoms. The summed E-state index contributed by atoms with van der Waals surface area (Å²) in [6.07, 6.45) is 0.109. The summed E-state index contributed by atoms with van der Waals surface area (Å²) in [5, 5.41) is 8.53. The number of carboxylic acids is 1. The smallest absolute Gasteiger partial charge is 0.309 e. The van der Waals surface area contributed by atoms with Gasteiger partial charge < -0.3 is 10.1 Å². The van der Waals surface area contributed by atoms with Crippen molar-refractivity contribution >= 4 is 17.7 Å². The molecule has 0 bridgehead atoms. The number of aliphatic carboxylic acids is 1. The number of nitrogens with one attached hydrogen (secondary N) is 1. The minimum atomic E-state index is -0.775. The topological polar surface area (TPSA) is 53.1 Å². The Morgan fingerprint density at radius 1 is 1.67 bits per heavy atom. The lowest BCUT2D eigenvalue weighted by molar-refractivity contribution is -0.136. The van der Waals surface area contributed by atoms with Crippen LogP contribution in [-0.2, 0) is 22.7 Å². The van der Waals surface area contributed by atoms with Crippen LogP contribution in [0.3, 0.4) is 0 Å². The number of rotatable bonds is 2. The van der Waals surface area contributed by atoms with Gasteiger partial charge in [-0.1, -0.05) is 0 Å². The molecule has 2 heterocycles. The first kappa shape index (κ1) is 7.73. The minimum absolute atomic E-state index is 0.109. The molecule has 64 valence electrons. The summed E-state index contributed by atoms with van der Waals surface area (Å²) in [6, 6.07) is 1.96. The normalized spacial score (nSPS) is 14.7. The van der Waals surface area contributed by atoms with Gasteiger partial charge in [0.1, 0.15) is 0 Å². The van der Waals surface area contributed by atoms with E-state index in [1.165, 1.54) is 11.3 Å². The third kappa shape index (κ3) is 1.34. The Morgan fingerprint density at radius 3 is 3.17 bits per heavy atom. The van der Waals surface area contributed by atoms with Crippen molar-refractivity contribution in [1.82, 2.24) is 4.98 Å². The van der Waals surface area contributed by atoms with Crippen molar-refractivity contribution < 1.29 is 9.90 Å². The molecular weight excluding hydrogens is 174 g/mol. The lowest BCUT2D eigenvalue weighted by Gasteiger charge is -1.91. The fourth-order valence-electron chi connectivity index (χ4n) is 1.39. The van der Waals surface area contributed by atoms with E-state index in [2.05, 4.69) is 4.98 Å². The van der Waals surface area contributed by atoms with Crippen LogP contribution in [0.25, 0.3) is 0 Å². The lowest BCUT2D eigenvalue weighted by Crippen LogP contribution is -2.00. The molecule has 1 aliphatic heterocycles. The quantitative estimate of drug-likeness (QED) is 0.728. The van der Waals surface area contributed by atoms with E-state index < -0.39 is 5.97 Å². The van der Waals surface area contributed by atoms with E-state index in [0.29, 0.717) is 0 Å². The van der Waals surface area contributed by atoms with Crippen molar-refractivity contribution in [2.24, 2.45) is 0 Å². The fourth-order valence-corrected chi connectivity index (χ4v) is 2.43. The average molecular weight is 183 g/mol. The zero-order valence-corrected chi connectivity index (χ0v) is 7.28. The number of fused-ring (bicyclic) bond motifs is 1. The Morgan fingerprint density at radius 2 is 2.50 bits per heavy atom. The molecule has 0 amide bonds. The van der Waals surface area contributed by atoms with Crippen LogP contribution in [0.15, 0.2) is 6.07 Å². The molecule has 2 rings (SSSR count). The number of H-pyrrole nitrogens is 1. The molecule has 2 N–H and O–H groups in total. The zero-order valence-electron chi connectivity index (χ0n) is 6.46. The molecule has 0 atom stereocenters. The van der Waals surface area contributed by atoms with Crippen LogP contribution in [0.1, 0.15) is 17.0 Å². The highest BCUT2D eigenvalue weighted by Gasteiger charge is 2.15. The largest absolute Gasteiger partial charge is 0.481 e. The molecular formula is C8H9NO2S. The Hall–Kier alpha value is -0.900. The number of carboxylic acid groups (broad SMARTS) is 1. The van der Waals surface area contributed by atoms with Crippen LogP contribution in [0, 0.1) is 0 Å². The number of carbonyl (C=O) groups is 1. The predicted molar refractivity (Wildman–Crippen MR) is 47.1 cm³/mol. The maximum atomic E-state index is 10.4. The van der Waals surface area contributed by atoms with Gasteiger partial charge in [-0.05, 0) is 11.6 Å². The van der Waals surface area contributed by atoms with Crippen molar-refractivity contribution in [3.8, 4) is 0 Å². The summed E-state index contributed by atoms with van der Waals surface area (Å²) in [7, 11) is 0. The standard InChI is InChI=1S/C8H9NO2S/c10-8(11)2-6-1-5-3-12-4-7(5)9-6/h1,9H,2-4H2,(H,10,11). The van der Waals surface area contributed by atoms with E-state index in [1.54, 1.807) is 0 Å². The molecule has 12 heavy (non-hydrogen) atoms. The Bertz CT molecular complexity index is 297. The fraction of sp³-hybridized carbons (Fsp3) is 0.375. The summed E-state index contributed by atoms with van der Waals surface area (Å²) >= 11 is 1.86. The highest BCUT2D eigenvalue weighted by atomic mass is 32.2. The molecule has 0 unspecified atom stereocenters. The third-order valence-corrected chi connectivity index (χ3v) is 2.90. The third-order valence-electron chi connectivity index (χ3n) is 1.89. The molecule has 0 saturated carbocycles. The van der Waals surface area contributed by atoms with E-state index in [4.69, 9.17) is 5.11 Å². The van der Waals surface area contributed by atoms with Crippen LogP contribution in [0.4, 0.5) is 0 Å². The van der Waals surface area contributed by atoms with Crippen molar-refractivity contribution in [3.05, 3.63) is 23.0 Å². The molecule has 3 nitrogen and oxygen atoms in total. The second kappa shape index (κ2) is 2.86. The van der Waals surface area contributed by atoms with Gasteiger partial charge in [0.05, 0.1) is 6.42 Å². The van der Waals surface area contributed by atoms with Crippen molar-refractivity contribution in [3.63, 3.8) is 0 Å². The predicted octanol–water partition coefficient (Wildman–Crippen LogP) is 1.39. The van der Waals surface area contributed by atoms with Gasteiger partial charge in [-0.3, -0.25) is 4.79 Å². The summed E-state index contributed by atoms with van der Waals surface area (Å²) in [5.74, 6) is 1.24. The number of hydrogen-bond donors (Lipinski definition) is 2. The van der Waals surface area contributed by atoms with Gasteiger partial charge in [-0.15, -0.1) is 0 Å². The first-order valence-electron chi connectivity index (χ1n) is 3.75. The first-order chi connectivity index (χ1) is 5.75. The van der Waals surface area contributed by atoms with Crippen LogP contribution in [0.5, 0.6) is 0 Å². The van der Waals surface area contributed by atoms with E-state index in [-0.39, 0.29) is 6.42 Å². The highest BCUT2D eigenvalue weighted by molar-refractivity contribution is 7.98. The van der Waals surface area contributed by atoms with Crippen LogP contribution in [0.2, 0.25) is 0 Å². The molecule has 1 aromatic rings. The van der Waals surface area contributed by atoms with E-state index >= 15 is 0 Å². The molecule has 0 aromatic carbocycles. The number of thioether (sulfide) groups is 1. The lowest BCUT2D eigenvalue weighted by atomic mass is 10.2. The molecule has 0 fully saturated rings. The van der Waals surface area contributed by atoms with Gasteiger partial charge >= 0.3 is 5.97 Å². The molecule has 1 aromatic heterocycles. The van der Waals surface area contributed by atoms with Gasteiger partial charge in [0.25, 0.3) is 0 Å².